The van der Waals surface area contributed by atoms with E-state index in [0.717, 1.165) is 89.0 Å². The van der Waals surface area contributed by atoms with Gasteiger partial charge >= 0.3 is 0 Å². The molecule has 280 valence electrons. The van der Waals surface area contributed by atoms with E-state index in [0.29, 0.717) is 11.8 Å². The molecule has 2 aromatic heterocycles. The van der Waals surface area contributed by atoms with E-state index in [2.05, 4.69) is 146 Å². The van der Waals surface area contributed by atoms with E-state index in [9.17, 15) is 0 Å². The van der Waals surface area contributed by atoms with E-state index in [4.69, 9.17) is 23.5 Å². The molecule has 5 heteroatoms. The molecular formula is C55H32N2O3. The highest BCUT2D eigenvalue weighted by atomic mass is 16.5. The van der Waals surface area contributed by atoms with Gasteiger partial charge in [0.15, 0.2) is 11.2 Å². The number of rotatable bonds is 4. The minimum atomic E-state index is -0.506. The minimum absolute atomic E-state index is 0.506. The van der Waals surface area contributed by atoms with Gasteiger partial charge in [-0.25, -0.2) is 9.97 Å². The summed E-state index contributed by atoms with van der Waals surface area (Å²) in [6, 6.07) is 68.2. The standard InChI is InChI=1S/C55H32N2O3/c1-2-14-40-38(34-29-35(53-56-47-19-7-11-23-51(47)59-53)31-36(30-34)54-57-48-20-8-12-24-52(48)60-54)27-26-37(39(40)13-1)33-25-28-44-42(32-33)41-15-3-4-16-43(41)55(44)45-17-5-9-21-49(45)58-50-22-10-6-18-46(50)55/h1-32H. The van der Waals surface area contributed by atoms with Gasteiger partial charge in [-0.15, -0.1) is 0 Å². The predicted molar refractivity (Wildman–Crippen MR) is 238 cm³/mol. The van der Waals surface area contributed by atoms with E-state index >= 15 is 0 Å². The first kappa shape index (κ1) is 33.0. The van der Waals surface area contributed by atoms with Crippen molar-refractivity contribution in [3.63, 3.8) is 0 Å². The number of aromatic nitrogens is 2. The normalized spacial score (nSPS) is 13.3. The average Bonchev–Trinajstić information content (AvgIpc) is 4.02. The van der Waals surface area contributed by atoms with Crippen LogP contribution < -0.4 is 4.74 Å². The number of para-hydroxylation sites is 6. The van der Waals surface area contributed by atoms with Crippen LogP contribution in [0.15, 0.2) is 203 Å². The zero-order valence-electron chi connectivity index (χ0n) is 32.1. The third-order valence-corrected chi connectivity index (χ3v) is 12.4. The Bertz CT molecular complexity index is 3350. The van der Waals surface area contributed by atoms with Crippen molar-refractivity contribution in [3.05, 3.63) is 216 Å². The molecule has 9 aromatic carbocycles. The molecule has 1 aliphatic heterocycles. The highest BCUT2D eigenvalue weighted by molar-refractivity contribution is 6.06. The van der Waals surface area contributed by atoms with E-state index in [-0.39, 0.29) is 0 Å². The average molecular weight is 769 g/mol. The highest BCUT2D eigenvalue weighted by Gasteiger charge is 2.51. The van der Waals surface area contributed by atoms with Crippen molar-refractivity contribution in [2.24, 2.45) is 0 Å². The van der Waals surface area contributed by atoms with Crippen LogP contribution in [0, 0.1) is 0 Å². The predicted octanol–water partition coefficient (Wildman–Crippen LogP) is 14.3. The van der Waals surface area contributed by atoms with Crippen LogP contribution >= 0.6 is 0 Å². The molecular weight excluding hydrogens is 737 g/mol. The van der Waals surface area contributed by atoms with Crippen molar-refractivity contribution in [1.82, 2.24) is 9.97 Å². The summed E-state index contributed by atoms with van der Waals surface area (Å²) in [4.78, 5) is 9.78. The molecule has 0 saturated carbocycles. The molecule has 0 bridgehead atoms. The van der Waals surface area contributed by atoms with Gasteiger partial charge in [-0.2, -0.15) is 0 Å². The second kappa shape index (κ2) is 12.5. The number of ether oxygens (including phenoxy) is 1. The summed E-state index contributed by atoms with van der Waals surface area (Å²) in [5, 5.41) is 2.30. The number of nitrogens with zero attached hydrogens (tertiary/aromatic N) is 2. The number of hydrogen-bond acceptors (Lipinski definition) is 5. The molecule has 0 atom stereocenters. The number of fused-ring (bicyclic) bond motifs is 12. The molecule has 5 nitrogen and oxygen atoms in total. The van der Waals surface area contributed by atoms with Crippen LogP contribution in [0.4, 0.5) is 0 Å². The summed E-state index contributed by atoms with van der Waals surface area (Å²) < 4.78 is 19.2. The topological polar surface area (TPSA) is 61.3 Å². The van der Waals surface area contributed by atoms with Crippen molar-refractivity contribution in [1.29, 1.82) is 0 Å². The van der Waals surface area contributed by atoms with Crippen molar-refractivity contribution in [2.75, 3.05) is 0 Å². The zero-order valence-corrected chi connectivity index (χ0v) is 32.1. The summed E-state index contributed by atoms with van der Waals surface area (Å²) in [5.74, 6) is 2.87. The monoisotopic (exact) mass is 768 g/mol. The summed E-state index contributed by atoms with van der Waals surface area (Å²) in [6.45, 7) is 0. The SMILES string of the molecule is c1ccc2c(c1)Oc1ccccc1C21c2ccccc2-c2cc(-c3ccc(-c4cc(-c5nc6ccccc6o5)cc(-c5nc6ccccc6o5)c4)c4ccccc34)ccc21. The van der Waals surface area contributed by atoms with Crippen LogP contribution in [0.1, 0.15) is 22.3 Å². The van der Waals surface area contributed by atoms with E-state index in [1.54, 1.807) is 0 Å². The number of oxazole rings is 2. The van der Waals surface area contributed by atoms with Gasteiger partial charge in [0.25, 0.3) is 0 Å². The van der Waals surface area contributed by atoms with Gasteiger partial charge in [-0.3, -0.25) is 0 Å². The molecule has 3 heterocycles. The van der Waals surface area contributed by atoms with Gasteiger partial charge in [-0.05, 0) is 116 Å². The molecule has 0 radical (unpaired) electrons. The van der Waals surface area contributed by atoms with Crippen LogP contribution in [0.3, 0.4) is 0 Å². The van der Waals surface area contributed by atoms with Gasteiger partial charge in [-0.1, -0.05) is 133 Å². The highest BCUT2D eigenvalue weighted by Crippen LogP contribution is 2.62. The lowest BCUT2D eigenvalue weighted by molar-refractivity contribution is 0.436. The summed E-state index contributed by atoms with van der Waals surface area (Å²) in [7, 11) is 0. The fraction of sp³-hybridized carbons (Fsp3) is 0.0182. The van der Waals surface area contributed by atoms with Crippen molar-refractivity contribution >= 4 is 33.0 Å². The molecule has 0 unspecified atom stereocenters. The quantitative estimate of drug-likeness (QED) is 0.178. The Morgan fingerprint density at radius 2 is 0.817 bits per heavy atom. The molecule has 0 N–H and O–H groups in total. The zero-order chi connectivity index (χ0) is 39.4. The Kier molecular flexibility index (Phi) is 6.87. The lowest BCUT2D eigenvalue weighted by atomic mass is 9.66. The Balaban J connectivity index is 0.997. The van der Waals surface area contributed by atoms with E-state index < -0.39 is 5.41 Å². The smallest absolute Gasteiger partial charge is 0.227 e. The van der Waals surface area contributed by atoms with Gasteiger partial charge in [0.05, 0.1) is 5.41 Å². The summed E-state index contributed by atoms with van der Waals surface area (Å²) >= 11 is 0. The van der Waals surface area contributed by atoms with E-state index in [1.165, 1.54) is 22.3 Å². The van der Waals surface area contributed by atoms with Gasteiger partial charge in [0.1, 0.15) is 22.5 Å². The number of hydrogen-bond donors (Lipinski definition) is 0. The summed E-state index contributed by atoms with van der Waals surface area (Å²) in [5.41, 5.74) is 16.0. The third kappa shape index (κ3) is 4.68. The Morgan fingerprint density at radius 1 is 0.333 bits per heavy atom. The molecule has 1 aliphatic carbocycles. The minimum Gasteiger partial charge on any atom is -0.457 e. The summed E-state index contributed by atoms with van der Waals surface area (Å²) in [6.07, 6.45) is 0. The molecule has 2 aliphatic rings. The van der Waals surface area contributed by atoms with Gasteiger partial charge < -0.3 is 13.6 Å². The van der Waals surface area contributed by atoms with Crippen LogP contribution in [-0.2, 0) is 5.41 Å². The molecule has 0 saturated heterocycles. The van der Waals surface area contributed by atoms with E-state index in [1.807, 2.05) is 48.5 Å². The molecule has 0 fully saturated rings. The second-order valence-corrected chi connectivity index (χ2v) is 15.6. The first-order valence-corrected chi connectivity index (χ1v) is 20.2. The fourth-order valence-electron chi connectivity index (χ4n) is 9.85. The maximum absolute atomic E-state index is 6.56. The van der Waals surface area contributed by atoms with Crippen LogP contribution in [0.5, 0.6) is 11.5 Å². The first-order chi connectivity index (χ1) is 29.7. The Hall–Kier alpha value is -8.02. The Morgan fingerprint density at radius 3 is 1.43 bits per heavy atom. The maximum Gasteiger partial charge on any atom is 0.227 e. The van der Waals surface area contributed by atoms with Crippen molar-refractivity contribution in [3.8, 4) is 67.8 Å². The number of benzene rings is 9. The molecule has 13 rings (SSSR count). The van der Waals surface area contributed by atoms with Gasteiger partial charge in [0, 0.05) is 22.3 Å². The first-order valence-electron chi connectivity index (χ1n) is 20.2. The second-order valence-electron chi connectivity index (χ2n) is 15.6. The fourth-order valence-corrected chi connectivity index (χ4v) is 9.85. The van der Waals surface area contributed by atoms with Crippen molar-refractivity contribution < 1.29 is 13.6 Å². The van der Waals surface area contributed by atoms with Crippen LogP contribution in [0.25, 0.3) is 89.3 Å². The molecule has 1 spiro atoms. The third-order valence-electron chi connectivity index (χ3n) is 12.4. The van der Waals surface area contributed by atoms with Crippen LogP contribution in [-0.4, -0.2) is 9.97 Å². The van der Waals surface area contributed by atoms with Gasteiger partial charge in [0.2, 0.25) is 11.8 Å². The lowest BCUT2D eigenvalue weighted by Crippen LogP contribution is -2.32. The largest absolute Gasteiger partial charge is 0.457 e. The molecule has 0 amide bonds. The maximum atomic E-state index is 6.56. The molecule has 11 aromatic rings. The van der Waals surface area contributed by atoms with Crippen LogP contribution in [0.2, 0.25) is 0 Å². The van der Waals surface area contributed by atoms with Crippen molar-refractivity contribution in [2.45, 2.75) is 5.41 Å². The lowest BCUT2D eigenvalue weighted by Gasteiger charge is -2.39. The Labute approximate surface area is 344 Å². The molecule has 60 heavy (non-hydrogen) atoms.